The predicted molar refractivity (Wildman–Crippen MR) is 103 cm³/mol. The summed E-state index contributed by atoms with van der Waals surface area (Å²) in [5, 5.41) is 7.79. The van der Waals surface area contributed by atoms with Gasteiger partial charge < -0.3 is 14.5 Å². The molecule has 6 nitrogen and oxygen atoms in total. The van der Waals surface area contributed by atoms with Gasteiger partial charge in [0.1, 0.15) is 18.1 Å². The summed E-state index contributed by atoms with van der Waals surface area (Å²) < 4.78 is 13.2. The molecule has 3 aromatic rings. The molecule has 0 saturated heterocycles. The summed E-state index contributed by atoms with van der Waals surface area (Å²) >= 11 is 5.94. The predicted octanol–water partition coefficient (Wildman–Crippen LogP) is 4.28. The molecule has 2 heterocycles. The zero-order valence-corrected chi connectivity index (χ0v) is 16.3. The number of rotatable bonds is 7. The van der Waals surface area contributed by atoms with Gasteiger partial charge in [0.15, 0.2) is 5.76 Å². The van der Waals surface area contributed by atoms with Crippen LogP contribution in [0.1, 0.15) is 40.1 Å². The lowest BCUT2D eigenvalue weighted by Gasteiger charge is -2.07. The molecule has 7 heteroatoms. The van der Waals surface area contributed by atoms with Crippen LogP contribution in [0.2, 0.25) is 5.02 Å². The van der Waals surface area contributed by atoms with Gasteiger partial charge in [0.2, 0.25) is 0 Å². The zero-order chi connectivity index (χ0) is 19.4. The van der Waals surface area contributed by atoms with Crippen LogP contribution in [0, 0.1) is 13.8 Å². The third kappa shape index (κ3) is 4.52. The molecule has 0 bridgehead atoms. The van der Waals surface area contributed by atoms with Crippen LogP contribution in [0.15, 0.2) is 40.9 Å². The molecule has 1 N–H and O–H groups in total. The quantitative estimate of drug-likeness (QED) is 0.657. The normalized spacial score (nSPS) is 10.8. The van der Waals surface area contributed by atoms with E-state index in [4.69, 9.17) is 20.8 Å². The van der Waals surface area contributed by atoms with Crippen LogP contribution in [0.3, 0.4) is 0 Å². The lowest BCUT2D eigenvalue weighted by molar-refractivity contribution is 0.0919. The average Bonchev–Trinajstić information content (AvgIpc) is 3.26. The summed E-state index contributed by atoms with van der Waals surface area (Å²) in [5.74, 6) is 1.28. The second-order valence-corrected chi connectivity index (χ2v) is 6.65. The minimum Gasteiger partial charge on any atom is -0.485 e. The summed E-state index contributed by atoms with van der Waals surface area (Å²) in [6.07, 6.45) is 1.77. The van der Waals surface area contributed by atoms with Gasteiger partial charge in [0.05, 0.1) is 6.20 Å². The van der Waals surface area contributed by atoms with Crippen LogP contribution < -0.4 is 10.1 Å². The number of furan rings is 1. The Labute approximate surface area is 163 Å². The molecule has 1 amide bonds. The monoisotopic (exact) mass is 387 g/mol. The molecule has 0 fully saturated rings. The van der Waals surface area contributed by atoms with Crippen LogP contribution >= 0.6 is 11.6 Å². The number of aromatic nitrogens is 2. The molecule has 0 radical (unpaired) electrons. The fraction of sp³-hybridized carbons (Fsp3) is 0.300. The Morgan fingerprint density at radius 3 is 2.81 bits per heavy atom. The summed E-state index contributed by atoms with van der Waals surface area (Å²) in [6.45, 7) is 7.37. The Balaban J connectivity index is 1.56. The summed E-state index contributed by atoms with van der Waals surface area (Å²) in [6, 6.07) is 8.80. The summed E-state index contributed by atoms with van der Waals surface area (Å²) in [7, 11) is 0. The second-order valence-electron chi connectivity index (χ2n) is 6.22. The molecule has 0 aliphatic carbocycles. The molecule has 1 aromatic carbocycles. The first-order chi connectivity index (χ1) is 13.0. The minimum absolute atomic E-state index is 0.234. The van der Waals surface area contributed by atoms with Crippen molar-refractivity contribution >= 4 is 17.5 Å². The largest absolute Gasteiger partial charge is 0.485 e. The minimum atomic E-state index is -0.271. The van der Waals surface area contributed by atoms with Gasteiger partial charge in [-0.1, -0.05) is 11.6 Å². The number of aryl methyl sites for hydroxylation is 2. The first-order valence-corrected chi connectivity index (χ1v) is 9.13. The highest BCUT2D eigenvalue weighted by atomic mass is 35.5. The van der Waals surface area contributed by atoms with Crippen LogP contribution in [0.5, 0.6) is 5.75 Å². The molecule has 2 aromatic heterocycles. The Morgan fingerprint density at radius 1 is 1.30 bits per heavy atom. The molecular weight excluding hydrogens is 366 g/mol. The molecule has 27 heavy (non-hydrogen) atoms. The Hall–Kier alpha value is -2.73. The number of nitrogens with one attached hydrogen (secondary N) is 1. The second kappa shape index (κ2) is 8.31. The number of hydrogen-bond acceptors (Lipinski definition) is 4. The molecular formula is C20H22ClN3O3. The Bertz CT molecular complexity index is 946. The average molecular weight is 388 g/mol. The van der Waals surface area contributed by atoms with Crippen LogP contribution in [-0.2, 0) is 19.7 Å². The number of nitrogens with zero attached hydrogens (tertiary/aromatic N) is 2. The van der Waals surface area contributed by atoms with Gasteiger partial charge in [0, 0.05) is 29.4 Å². The fourth-order valence-electron chi connectivity index (χ4n) is 2.74. The van der Waals surface area contributed by atoms with Gasteiger partial charge in [-0.3, -0.25) is 9.48 Å². The SMILES string of the molecule is CCn1ncc(CNC(=O)c2ccc(COc3ccc(Cl)cc3C)o2)c1C. The third-order valence-corrected chi connectivity index (χ3v) is 4.57. The standard InChI is InChI=1S/C20H22ClN3O3/c1-4-24-14(3)15(11-23-24)10-22-20(25)19-8-6-17(27-19)12-26-18-7-5-16(21)9-13(18)2/h5-9,11H,4,10,12H2,1-3H3,(H,22,25). The van der Waals surface area contributed by atoms with E-state index in [1.807, 2.05) is 37.6 Å². The van der Waals surface area contributed by atoms with E-state index in [1.54, 1.807) is 24.4 Å². The first kappa shape index (κ1) is 19.0. The molecule has 0 spiro atoms. The van der Waals surface area contributed by atoms with E-state index in [1.165, 1.54) is 0 Å². The van der Waals surface area contributed by atoms with Crippen LogP contribution in [0.4, 0.5) is 0 Å². The van der Waals surface area contributed by atoms with Gasteiger partial charge in [-0.25, -0.2) is 0 Å². The highest BCUT2D eigenvalue weighted by Crippen LogP contribution is 2.23. The van der Waals surface area contributed by atoms with E-state index in [0.29, 0.717) is 17.3 Å². The number of halogens is 1. The molecule has 3 rings (SSSR count). The maximum absolute atomic E-state index is 12.3. The van der Waals surface area contributed by atoms with Crippen LogP contribution in [0.25, 0.3) is 0 Å². The first-order valence-electron chi connectivity index (χ1n) is 8.75. The number of carbonyl (C=O) groups is 1. The topological polar surface area (TPSA) is 69.3 Å². The highest BCUT2D eigenvalue weighted by molar-refractivity contribution is 6.30. The molecule has 142 valence electrons. The number of ether oxygens (including phenoxy) is 1. The van der Waals surface area contributed by atoms with Crippen molar-refractivity contribution in [2.75, 3.05) is 0 Å². The van der Waals surface area contributed by atoms with Gasteiger partial charge in [-0.05, 0) is 56.7 Å². The molecule has 0 atom stereocenters. The number of amides is 1. The summed E-state index contributed by atoms with van der Waals surface area (Å²) in [5.41, 5.74) is 2.97. The van der Waals surface area contributed by atoms with E-state index >= 15 is 0 Å². The number of benzene rings is 1. The zero-order valence-electron chi connectivity index (χ0n) is 15.6. The molecule has 0 aliphatic heterocycles. The van der Waals surface area contributed by atoms with E-state index in [2.05, 4.69) is 10.4 Å². The lowest BCUT2D eigenvalue weighted by atomic mass is 10.2. The van der Waals surface area contributed by atoms with Gasteiger partial charge in [-0.2, -0.15) is 5.10 Å². The van der Waals surface area contributed by atoms with E-state index in [0.717, 1.165) is 29.1 Å². The summed E-state index contributed by atoms with van der Waals surface area (Å²) in [4.78, 5) is 12.3. The molecule has 0 saturated carbocycles. The van der Waals surface area contributed by atoms with Crippen molar-refractivity contribution in [1.82, 2.24) is 15.1 Å². The van der Waals surface area contributed by atoms with E-state index in [-0.39, 0.29) is 18.3 Å². The van der Waals surface area contributed by atoms with Crippen molar-refractivity contribution < 1.29 is 13.9 Å². The van der Waals surface area contributed by atoms with Crippen molar-refractivity contribution in [2.24, 2.45) is 0 Å². The van der Waals surface area contributed by atoms with E-state index in [9.17, 15) is 4.79 Å². The molecule has 0 unspecified atom stereocenters. The molecule has 0 aliphatic rings. The van der Waals surface area contributed by atoms with E-state index < -0.39 is 0 Å². The third-order valence-electron chi connectivity index (χ3n) is 4.34. The van der Waals surface area contributed by atoms with Gasteiger partial charge in [0.25, 0.3) is 5.91 Å². The van der Waals surface area contributed by atoms with Gasteiger partial charge >= 0.3 is 0 Å². The van der Waals surface area contributed by atoms with Crippen molar-refractivity contribution in [2.45, 2.75) is 40.5 Å². The fourth-order valence-corrected chi connectivity index (χ4v) is 2.97. The van der Waals surface area contributed by atoms with Crippen molar-refractivity contribution in [1.29, 1.82) is 0 Å². The lowest BCUT2D eigenvalue weighted by Crippen LogP contribution is -2.22. The maximum Gasteiger partial charge on any atom is 0.287 e. The van der Waals surface area contributed by atoms with Crippen LogP contribution in [-0.4, -0.2) is 15.7 Å². The Morgan fingerprint density at radius 2 is 2.11 bits per heavy atom. The Kier molecular flexibility index (Phi) is 5.86. The smallest absolute Gasteiger partial charge is 0.287 e. The maximum atomic E-state index is 12.3. The van der Waals surface area contributed by atoms with Gasteiger partial charge in [-0.15, -0.1) is 0 Å². The van der Waals surface area contributed by atoms with Crippen molar-refractivity contribution in [3.63, 3.8) is 0 Å². The number of carbonyl (C=O) groups excluding carboxylic acids is 1. The highest BCUT2D eigenvalue weighted by Gasteiger charge is 2.13. The number of hydrogen-bond donors (Lipinski definition) is 1. The van der Waals surface area contributed by atoms with Crippen molar-refractivity contribution in [3.05, 3.63) is 69.9 Å². The van der Waals surface area contributed by atoms with Crippen molar-refractivity contribution in [3.8, 4) is 5.75 Å².